The molecule has 1 rings (SSSR count). The Morgan fingerprint density at radius 2 is 1.65 bits per heavy atom. The molecule has 1 heterocycles. The minimum absolute atomic E-state index is 0.0244. The third kappa shape index (κ3) is 2.52. The third-order valence-corrected chi connectivity index (χ3v) is 3.92. The lowest BCUT2D eigenvalue weighted by Crippen LogP contribution is -2.55. The molecule has 1 aromatic rings. The molecule has 0 saturated carbocycles. The molecule has 0 spiro atoms. The molecule has 5 nitrogen and oxygen atoms in total. The third-order valence-electron chi connectivity index (χ3n) is 2.97. The Kier molecular flexibility index (Phi) is 3.99. The molecule has 0 unspecified atom stereocenters. The summed E-state index contributed by atoms with van der Waals surface area (Å²) < 4.78 is 3.46. The van der Waals surface area contributed by atoms with Crippen molar-refractivity contribution in [2.24, 2.45) is 0 Å². The lowest BCUT2D eigenvalue weighted by molar-refractivity contribution is -0.706. The van der Waals surface area contributed by atoms with E-state index in [1.54, 1.807) is 9.13 Å². The van der Waals surface area contributed by atoms with Crippen molar-refractivity contribution in [1.29, 1.82) is 0 Å². The maximum Gasteiger partial charge on any atom is 0.453 e. The molecule has 0 aliphatic rings. The van der Waals surface area contributed by atoms with Crippen molar-refractivity contribution >= 4 is 13.5 Å². The van der Waals surface area contributed by atoms with Crippen LogP contribution in [0.3, 0.4) is 0 Å². The number of hydrogen-bond acceptors (Lipinski definition) is 3. The van der Waals surface area contributed by atoms with E-state index in [2.05, 4.69) is 0 Å². The zero-order chi connectivity index (χ0) is 13.5. The highest BCUT2D eigenvalue weighted by atomic mass is 31.2. The van der Waals surface area contributed by atoms with Crippen molar-refractivity contribution in [3.63, 3.8) is 0 Å². The maximum absolute atomic E-state index is 11.7. The second-order valence-corrected chi connectivity index (χ2v) is 6.43. The van der Waals surface area contributed by atoms with Crippen LogP contribution in [0.2, 0.25) is 0 Å². The van der Waals surface area contributed by atoms with Crippen LogP contribution >= 0.6 is 7.94 Å². The lowest BCUT2D eigenvalue weighted by atomic mass is 10.3. The van der Waals surface area contributed by atoms with Crippen molar-refractivity contribution in [3.05, 3.63) is 11.4 Å². The molecule has 0 saturated heterocycles. The van der Waals surface area contributed by atoms with E-state index in [-0.39, 0.29) is 17.6 Å². The number of nitrogens with zero attached hydrogens (tertiary/aromatic N) is 2. The summed E-state index contributed by atoms with van der Waals surface area (Å²) >= 11 is 0. The molecule has 6 heteroatoms. The zero-order valence-corrected chi connectivity index (χ0v) is 12.2. The predicted molar refractivity (Wildman–Crippen MR) is 65.9 cm³/mol. The molecule has 0 aliphatic heterocycles. The summed E-state index contributed by atoms with van der Waals surface area (Å²) in [5, 5.41) is 0. The molecule has 98 valence electrons. The molecule has 0 aliphatic carbocycles. The summed E-state index contributed by atoms with van der Waals surface area (Å²) in [5.41, 5.74) is 1.93. The van der Waals surface area contributed by atoms with Crippen LogP contribution in [0, 0.1) is 13.8 Å². The number of imidazole rings is 1. The Morgan fingerprint density at radius 3 is 1.94 bits per heavy atom. The molecule has 2 N–H and O–H groups in total. The maximum atomic E-state index is 11.7. The molecule has 0 atom stereocenters. The van der Waals surface area contributed by atoms with E-state index in [4.69, 9.17) is 0 Å². The van der Waals surface area contributed by atoms with Crippen LogP contribution in [-0.4, -0.2) is 14.4 Å². The van der Waals surface area contributed by atoms with Crippen molar-refractivity contribution < 1.29 is 19.2 Å². The van der Waals surface area contributed by atoms with Crippen LogP contribution in [0.5, 0.6) is 0 Å². The quantitative estimate of drug-likeness (QED) is 0.606. The van der Waals surface area contributed by atoms with Crippen molar-refractivity contribution in [3.8, 4) is 0 Å². The van der Waals surface area contributed by atoms with Crippen LogP contribution in [-0.2, 0) is 0 Å². The highest BCUT2D eigenvalue weighted by molar-refractivity contribution is 7.64. The van der Waals surface area contributed by atoms with E-state index >= 15 is 0 Å². The van der Waals surface area contributed by atoms with Gasteiger partial charge in [-0.2, -0.15) is 9.13 Å². The van der Waals surface area contributed by atoms with Gasteiger partial charge in [0.05, 0.1) is 12.1 Å². The van der Waals surface area contributed by atoms with E-state index in [0.717, 1.165) is 11.4 Å². The van der Waals surface area contributed by atoms with Gasteiger partial charge in [-0.1, -0.05) is 0 Å². The summed E-state index contributed by atoms with van der Waals surface area (Å²) in [6, 6.07) is 0.0487. The fourth-order valence-electron chi connectivity index (χ4n) is 2.28. The van der Waals surface area contributed by atoms with E-state index < -0.39 is 7.94 Å². The summed E-state index contributed by atoms with van der Waals surface area (Å²) in [4.78, 5) is 30.8. The van der Waals surface area contributed by atoms with Crippen LogP contribution in [0.25, 0.3) is 0 Å². The van der Waals surface area contributed by atoms with Gasteiger partial charge < -0.3 is 4.89 Å². The van der Waals surface area contributed by atoms with E-state index in [1.165, 1.54) is 0 Å². The van der Waals surface area contributed by atoms with Crippen molar-refractivity contribution in [2.75, 3.05) is 0 Å². The Morgan fingerprint density at radius 1 is 1.18 bits per heavy atom. The van der Waals surface area contributed by atoms with Crippen LogP contribution in [0.15, 0.2) is 0 Å². The Bertz CT molecular complexity index is 388. The van der Waals surface area contributed by atoms with Crippen LogP contribution in [0.1, 0.15) is 51.2 Å². The fraction of sp³-hybridized carbons (Fsp3) is 0.727. The van der Waals surface area contributed by atoms with Gasteiger partial charge in [0, 0.05) is 13.8 Å². The van der Waals surface area contributed by atoms with Gasteiger partial charge in [-0.15, -0.1) is 0 Å². The minimum atomic E-state index is -4.28. The zero-order valence-electron chi connectivity index (χ0n) is 11.3. The second-order valence-electron chi connectivity index (χ2n) is 4.94. The van der Waals surface area contributed by atoms with Crippen molar-refractivity contribution in [1.82, 2.24) is 4.57 Å². The molecular weight excluding hydrogens is 239 g/mol. The van der Waals surface area contributed by atoms with Gasteiger partial charge in [0.1, 0.15) is 11.4 Å². The first-order chi connectivity index (χ1) is 7.59. The first-order valence-electron chi connectivity index (χ1n) is 5.78. The molecule has 0 bridgehead atoms. The van der Waals surface area contributed by atoms with Gasteiger partial charge in [-0.25, -0.2) is 9.79 Å². The van der Waals surface area contributed by atoms with Gasteiger partial charge in [-0.3, -0.25) is 0 Å². The molecule has 0 amide bonds. The summed E-state index contributed by atoms with van der Waals surface area (Å²) in [7, 11) is -4.28. The van der Waals surface area contributed by atoms with E-state index in [1.807, 2.05) is 41.5 Å². The average molecular weight is 261 g/mol. The molecule has 0 aromatic carbocycles. The largest absolute Gasteiger partial charge is 0.621 e. The van der Waals surface area contributed by atoms with E-state index in [9.17, 15) is 14.7 Å². The van der Waals surface area contributed by atoms with Crippen LogP contribution in [0.4, 0.5) is 0 Å². The molecular formula is C11H22N2O3P+. The summed E-state index contributed by atoms with van der Waals surface area (Å²) in [5.74, 6) is 0. The minimum Gasteiger partial charge on any atom is -0.621 e. The number of rotatable bonds is 3. The molecule has 0 radical (unpaired) electrons. The first kappa shape index (κ1) is 14.6. The summed E-state index contributed by atoms with van der Waals surface area (Å²) in [6.45, 7) is 11.5. The second kappa shape index (κ2) is 4.65. The molecule has 0 fully saturated rings. The fourth-order valence-corrected chi connectivity index (χ4v) is 3.61. The normalized spacial score (nSPS) is 12.9. The van der Waals surface area contributed by atoms with Gasteiger partial charge >= 0.3 is 13.5 Å². The Labute approximate surface area is 103 Å². The number of hydrogen-bond donors (Lipinski definition) is 2. The Balaban J connectivity index is 3.67. The molecule has 1 aromatic heterocycles. The van der Waals surface area contributed by atoms with Gasteiger partial charge in [0.2, 0.25) is 0 Å². The molecule has 17 heavy (non-hydrogen) atoms. The predicted octanol–water partition coefficient (Wildman–Crippen LogP) is 0.287. The average Bonchev–Trinajstić information content (AvgIpc) is 2.39. The Hall–Kier alpha value is -0.480. The number of aromatic nitrogens is 2. The first-order valence-corrected chi connectivity index (χ1v) is 7.39. The highest BCUT2D eigenvalue weighted by Crippen LogP contribution is 2.38. The SMILES string of the molecule is Cc1c(C)[n+](C(C)C)c([P+]([O-])(O)O)n1C(C)C. The summed E-state index contributed by atoms with van der Waals surface area (Å²) in [6.07, 6.45) is 0. The standard InChI is InChI=1S/C11H21N2O3P/c1-7(2)12-9(5)10(6)13(8(3)4)11(12)17(14,15)16/h7-8H,1-6H3,(H-,14,15,16)/p+1. The highest BCUT2D eigenvalue weighted by Gasteiger charge is 2.45. The smallest absolute Gasteiger partial charge is 0.453 e. The lowest BCUT2D eigenvalue weighted by Gasteiger charge is -2.15. The van der Waals surface area contributed by atoms with Crippen molar-refractivity contribution in [2.45, 2.75) is 53.6 Å². The van der Waals surface area contributed by atoms with Gasteiger partial charge in [0.15, 0.2) is 0 Å². The van der Waals surface area contributed by atoms with E-state index in [0.29, 0.717) is 0 Å². The van der Waals surface area contributed by atoms with Gasteiger partial charge in [-0.05, 0) is 27.7 Å². The monoisotopic (exact) mass is 261 g/mol. The van der Waals surface area contributed by atoms with Gasteiger partial charge in [0.25, 0.3) is 0 Å². The van der Waals surface area contributed by atoms with Crippen LogP contribution < -0.4 is 15.0 Å². The topological polar surface area (TPSA) is 72.3 Å².